The number of rotatable bonds is 10. The molecule has 10 nitrogen and oxygen atoms in total. The van der Waals surface area contributed by atoms with Gasteiger partial charge in [-0.25, -0.2) is 13.8 Å². The van der Waals surface area contributed by atoms with E-state index in [2.05, 4.69) is 10.5 Å². The van der Waals surface area contributed by atoms with E-state index in [0.717, 1.165) is 5.56 Å². The van der Waals surface area contributed by atoms with Crippen LogP contribution >= 0.6 is 0 Å². The smallest absolute Gasteiger partial charge is 0.273 e. The first-order valence-corrected chi connectivity index (χ1v) is 13.5. The predicted molar refractivity (Wildman–Crippen MR) is 152 cm³/mol. The SMILES string of the molecule is COc1ccc(S(=O)(=O)N(Cc2ccccc2)c2ccccc2C(=O)N/N=C(\C)c2ccc([N+](=O)[O-])cc2)cc1. The Hall–Kier alpha value is -5.03. The number of nitro benzene ring substituents is 1. The maximum Gasteiger partial charge on any atom is 0.273 e. The second-order valence-electron chi connectivity index (χ2n) is 8.63. The molecule has 1 amide bonds. The maximum absolute atomic E-state index is 13.9. The first kappa shape index (κ1) is 28.0. The minimum atomic E-state index is -4.11. The normalized spacial score (nSPS) is 11.5. The molecule has 0 atom stereocenters. The number of nitro groups is 1. The number of benzene rings is 4. The van der Waals surface area contributed by atoms with Crippen LogP contribution < -0.4 is 14.5 Å². The lowest BCUT2D eigenvalue weighted by atomic mass is 10.1. The van der Waals surface area contributed by atoms with Crippen LogP contribution in [-0.4, -0.2) is 32.1 Å². The zero-order chi connectivity index (χ0) is 28.7. The molecule has 0 aliphatic carbocycles. The van der Waals surface area contributed by atoms with Crippen molar-refractivity contribution in [1.82, 2.24) is 5.43 Å². The Bertz CT molecular complexity index is 1640. The summed E-state index contributed by atoms with van der Waals surface area (Å²) in [5.41, 5.74) is 4.39. The van der Waals surface area contributed by atoms with Gasteiger partial charge in [0, 0.05) is 12.1 Å². The molecule has 0 saturated heterocycles. The van der Waals surface area contributed by atoms with Gasteiger partial charge in [0.15, 0.2) is 0 Å². The molecule has 11 heteroatoms. The Morgan fingerprint density at radius 3 is 2.17 bits per heavy atom. The van der Waals surface area contributed by atoms with Crippen molar-refractivity contribution in [2.24, 2.45) is 5.10 Å². The Labute approximate surface area is 231 Å². The number of nitrogens with one attached hydrogen (secondary N) is 1. The number of para-hydroxylation sites is 1. The molecule has 204 valence electrons. The standard InChI is InChI=1S/C29H26N4O6S/c1-21(23-12-14-24(15-13-23)33(35)36)30-31-29(34)27-10-6-7-11-28(27)32(20-22-8-4-3-5-9-22)40(37,38)26-18-16-25(39-2)17-19-26/h3-19H,20H2,1-2H3,(H,31,34)/b30-21+. The molecule has 0 spiro atoms. The van der Waals surface area contributed by atoms with Crippen molar-refractivity contribution >= 4 is 33.0 Å². The number of hydrazone groups is 1. The summed E-state index contributed by atoms with van der Waals surface area (Å²) in [7, 11) is -2.62. The van der Waals surface area contributed by atoms with E-state index < -0.39 is 20.9 Å². The van der Waals surface area contributed by atoms with Gasteiger partial charge >= 0.3 is 0 Å². The molecule has 0 unspecified atom stereocenters. The highest BCUT2D eigenvalue weighted by atomic mass is 32.2. The average molecular weight is 559 g/mol. The first-order valence-electron chi connectivity index (χ1n) is 12.1. The summed E-state index contributed by atoms with van der Waals surface area (Å²) >= 11 is 0. The number of carbonyl (C=O) groups is 1. The molecular weight excluding hydrogens is 532 g/mol. The van der Waals surface area contributed by atoms with Crippen LogP contribution in [-0.2, 0) is 16.6 Å². The van der Waals surface area contributed by atoms with Gasteiger partial charge in [-0.1, -0.05) is 42.5 Å². The van der Waals surface area contributed by atoms with Crippen LogP contribution in [0.2, 0.25) is 0 Å². The fourth-order valence-corrected chi connectivity index (χ4v) is 5.36. The van der Waals surface area contributed by atoms with Crippen molar-refractivity contribution in [3.63, 3.8) is 0 Å². The monoisotopic (exact) mass is 558 g/mol. The number of carbonyl (C=O) groups excluding carboxylic acids is 1. The zero-order valence-corrected chi connectivity index (χ0v) is 22.5. The van der Waals surface area contributed by atoms with Crippen molar-refractivity contribution in [1.29, 1.82) is 0 Å². The number of anilines is 1. The van der Waals surface area contributed by atoms with E-state index >= 15 is 0 Å². The summed E-state index contributed by atoms with van der Waals surface area (Å²) in [4.78, 5) is 23.7. The van der Waals surface area contributed by atoms with Crippen LogP contribution in [0.1, 0.15) is 28.4 Å². The van der Waals surface area contributed by atoms with Crippen molar-refractivity contribution in [2.45, 2.75) is 18.4 Å². The van der Waals surface area contributed by atoms with E-state index in [1.165, 1.54) is 53.9 Å². The molecule has 40 heavy (non-hydrogen) atoms. The molecule has 0 aromatic heterocycles. The molecule has 0 fully saturated rings. The minimum Gasteiger partial charge on any atom is -0.497 e. The molecule has 4 rings (SSSR count). The second-order valence-corrected chi connectivity index (χ2v) is 10.5. The molecule has 0 aliphatic rings. The van der Waals surface area contributed by atoms with E-state index in [0.29, 0.717) is 17.0 Å². The number of non-ortho nitro benzene ring substituents is 1. The van der Waals surface area contributed by atoms with Gasteiger partial charge in [0.25, 0.3) is 21.6 Å². The van der Waals surface area contributed by atoms with Crippen LogP contribution in [0.3, 0.4) is 0 Å². The van der Waals surface area contributed by atoms with Crippen molar-refractivity contribution < 1.29 is 22.9 Å². The Kier molecular flexibility index (Phi) is 8.55. The molecule has 4 aromatic carbocycles. The van der Waals surface area contributed by atoms with Gasteiger partial charge < -0.3 is 4.74 Å². The summed E-state index contributed by atoms with van der Waals surface area (Å²) in [6.07, 6.45) is 0. The number of nitrogens with zero attached hydrogens (tertiary/aromatic N) is 3. The van der Waals surface area contributed by atoms with Gasteiger partial charge in [-0.15, -0.1) is 0 Å². The van der Waals surface area contributed by atoms with Crippen molar-refractivity contribution in [3.8, 4) is 5.75 Å². The van der Waals surface area contributed by atoms with Gasteiger partial charge in [0.2, 0.25) is 0 Å². The van der Waals surface area contributed by atoms with Gasteiger partial charge in [-0.05, 0) is 66.6 Å². The van der Waals surface area contributed by atoms with Crippen LogP contribution in [0.5, 0.6) is 5.75 Å². The summed E-state index contributed by atoms with van der Waals surface area (Å²) in [5, 5.41) is 15.0. The second kappa shape index (κ2) is 12.2. The molecular formula is C29H26N4O6S. The average Bonchev–Trinajstić information content (AvgIpc) is 2.99. The molecule has 0 heterocycles. The number of ether oxygens (including phenoxy) is 1. The van der Waals surface area contributed by atoms with E-state index in [4.69, 9.17) is 4.74 Å². The zero-order valence-electron chi connectivity index (χ0n) is 21.7. The Morgan fingerprint density at radius 2 is 1.55 bits per heavy atom. The third-order valence-electron chi connectivity index (χ3n) is 6.05. The van der Waals surface area contributed by atoms with Crippen LogP contribution in [0.25, 0.3) is 0 Å². The lowest BCUT2D eigenvalue weighted by molar-refractivity contribution is -0.384. The summed E-state index contributed by atoms with van der Waals surface area (Å²) < 4.78 is 34.2. The van der Waals surface area contributed by atoms with Crippen molar-refractivity contribution in [3.05, 3.63) is 130 Å². The van der Waals surface area contributed by atoms with Crippen LogP contribution in [0, 0.1) is 10.1 Å². The van der Waals surface area contributed by atoms with Crippen LogP contribution in [0.4, 0.5) is 11.4 Å². The number of amides is 1. The fourth-order valence-electron chi connectivity index (χ4n) is 3.89. The van der Waals surface area contributed by atoms with Gasteiger partial charge in [-0.2, -0.15) is 5.10 Å². The summed E-state index contributed by atoms with van der Waals surface area (Å²) in [5.74, 6) is -0.116. The van der Waals surface area contributed by atoms with Crippen LogP contribution in [0.15, 0.2) is 113 Å². The molecule has 0 bridgehead atoms. The number of methoxy groups -OCH3 is 1. The number of sulfonamides is 1. The lowest BCUT2D eigenvalue weighted by Crippen LogP contribution is -2.33. The van der Waals surface area contributed by atoms with Gasteiger partial charge in [0.05, 0.1) is 40.4 Å². The summed E-state index contributed by atoms with van der Waals surface area (Å²) in [6.45, 7) is 1.62. The van der Waals surface area contributed by atoms with Gasteiger partial charge in [0.1, 0.15) is 5.75 Å². The van der Waals surface area contributed by atoms with Crippen molar-refractivity contribution in [2.75, 3.05) is 11.4 Å². The topological polar surface area (TPSA) is 131 Å². The highest BCUT2D eigenvalue weighted by Gasteiger charge is 2.28. The van der Waals surface area contributed by atoms with Gasteiger partial charge in [-0.3, -0.25) is 19.2 Å². The molecule has 0 radical (unpaired) electrons. The Balaban J connectivity index is 1.69. The third-order valence-corrected chi connectivity index (χ3v) is 7.83. The molecule has 0 aliphatic heterocycles. The Morgan fingerprint density at radius 1 is 0.925 bits per heavy atom. The number of hydrogen-bond donors (Lipinski definition) is 1. The highest BCUT2D eigenvalue weighted by Crippen LogP contribution is 2.30. The summed E-state index contributed by atoms with van der Waals surface area (Å²) in [6, 6.07) is 27.2. The highest BCUT2D eigenvalue weighted by molar-refractivity contribution is 7.92. The molecule has 0 saturated carbocycles. The van der Waals surface area contributed by atoms with E-state index in [9.17, 15) is 23.3 Å². The fraction of sp³-hybridized carbons (Fsp3) is 0.103. The number of hydrogen-bond acceptors (Lipinski definition) is 7. The maximum atomic E-state index is 13.9. The van der Waals surface area contributed by atoms with E-state index in [1.807, 2.05) is 18.2 Å². The molecule has 4 aromatic rings. The van der Waals surface area contributed by atoms with E-state index in [1.54, 1.807) is 49.4 Å². The minimum absolute atomic E-state index is 0.0232. The third kappa shape index (κ3) is 6.33. The lowest BCUT2D eigenvalue weighted by Gasteiger charge is -2.26. The largest absolute Gasteiger partial charge is 0.497 e. The predicted octanol–water partition coefficient (Wildman–Crippen LogP) is 5.15. The quantitative estimate of drug-likeness (QED) is 0.163. The first-order chi connectivity index (χ1) is 19.2. The van der Waals surface area contributed by atoms with E-state index in [-0.39, 0.29) is 28.4 Å². The molecule has 1 N–H and O–H groups in total.